The Labute approximate surface area is 109 Å². The van der Waals surface area contributed by atoms with Gasteiger partial charge in [0.05, 0.1) is 19.4 Å². The molecule has 0 radical (unpaired) electrons. The Morgan fingerprint density at radius 1 is 1.39 bits per heavy atom. The zero-order chi connectivity index (χ0) is 13.1. The summed E-state index contributed by atoms with van der Waals surface area (Å²) in [5, 5.41) is 7.49. The van der Waals surface area contributed by atoms with Crippen LogP contribution >= 0.6 is 0 Å². The molecule has 0 saturated heterocycles. The van der Waals surface area contributed by atoms with E-state index < -0.39 is 0 Å². The number of methoxy groups -OCH3 is 1. The van der Waals surface area contributed by atoms with Gasteiger partial charge >= 0.3 is 0 Å². The molecule has 1 aromatic rings. The molecule has 0 bridgehead atoms. The van der Waals surface area contributed by atoms with Gasteiger partial charge in [0.15, 0.2) is 0 Å². The Hall–Kier alpha value is -1.17. The highest BCUT2D eigenvalue weighted by molar-refractivity contribution is 5.17. The summed E-state index contributed by atoms with van der Waals surface area (Å²) >= 11 is 0. The van der Waals surface area contributed by atoms with Crippen molar-refractivity contribution in [3.05, 3.63) is 24.5 Å². The molecule has 0 atom stereocenters. The lowest BCUT2D eigenvalue weighted by Gasteiger charge is -2.04. The number of aromatic nitrogens is 2. The Balaban J connectivity index is 1.91. The third-order valence-electron chi connectivity index (χ3n) is 2.50. The number of rotatable bonds is 11. The average Bonchev–Trinajstić information content (AvgIpc) is 2.85. The lowest BCUT2D eigenvalue weighted by atomic mass is 10.3. The van der Waals surface area contributed by atoms with Gasteiger partial charge in [-0.1, -0.05) is 6.58 Å². The lowest BCUT2D eigenvalue weighted by Crippen LogP contribution is -2.15. The highest BCUT2D eigenvalue weighted by Crippen LogP contribution is 1.97. The summed E-state index contributed by atoms with van der Waals surface area (Å²) < 4.78 is 12.0. The fourth-order valence-corrected chi connectivity index (χ4v) is 1.50. The van der Waals surface area contributed by atoms with Gasteiger partial charge in [-0.3, -0.25) is 0 Å². The fourth-order valence-electron chi connectivity index (χ4n) is 1.50. The predicted molar refractivity (Wildman–Crippen MR) is 72.2 cm³/mol. The number of hydrogen-bond donors (Lipinski definition) is 1. The first-order chi connectivity index (χ1) is 8.86. The van der Waals surface area contributed by atoms with Gasteiger partial charge in [-0.05, 0) is 19.4 Å². The van der Waals surface area contributed by atoms with Gasteiger partial charge in [-0.2, -0.15) is 5.10 Å². The second kappa shape index (κ2) is 9.82. The van der Waals surface area contributed by atoms with Gasteiger partial charge in [0.2, 0.25) is 0 Å². The summed E-state index contributed by atoms with van der Waals surface area (Å²) in [6.45, 7) is 7.65. The molecule has 0 amide bonds. The van der Waals surface area contributed by atoms with Crippen LogP contribution in [0.1, 0.15) is 18.4 Å². The maximum Gasteiger partial charge on any atom is 0.0700 e. The van der Waals surface area contributed by atoms with E-state index in [2.05, 4.69) is 17.0 Å². The molecule has 0 aliphatic rings. The Morgan fingerprint density at radius 3 is 3.00 bits per heavy atom. The lowest BCUT2D eigenvalue weighted by molar-refractivity contribution is 0.0688. The molecule has 0 spiro atoms. The van der Waals surface area contributed by atoms with Crippen molar-refractivity contribution in [1.29, 1.82) is 0 Å². The number of nitrogens with one attached hydrogen (secondary N) is 1. The first kappa shape index (κ1) is 14.9. The molecule has 0 fully saturated rings. The van der Waals surface area contributed by atoms with Crippen LogP contribution in [-0.2, 0) is 16.0 Å². The van der Waals surface area contributed by atoms with Gasteiger partial charge in [0, 0.05) is 38.2 Å². The maximum absolute atomic E-state index is 5.38. The van der Waals surface area contributed by atoms with Crippen molar-refractivity contribution in [1.82, 2.24) is 15.1 Å². The molecular formula is C13H23N3O2. The minimum absolute atomic E-state index is 0.672. The van der Waals surface area contributed by atoms with Crippen molar-refractivity contribution in [2.24, 2.45) is 0 Å². The number of ether oxygens (including phenoxy) is 2. The van der Waals surface area contributed by atoms with E-state index in [1.54, 1.807) is 18.0 Å². The summed E-state index contributed by atoms with van der Waals surface area (Å²) in [5.41, 5.74) is 1.17. The minimum Gasteiger partial charge on any atom is -0.382 e. The summed E-state index contributed by atoms with van der Waals surface area (Å²) in [6, 6.07) is 0. The molecule has 102 valence electrons. The first-order valence-electron chi connectivity index (χ1n) is 6.30. The molecule has 18 heavy (non-hydrogen) atoms. The summed E-state index contributed by atoms with van der Waals surface area (Å²) in [4.78, 5) is 0. The van der Waals surface area contributed by atoms with E-state index in [0.717, 1.165) is 32.5 Å². The molecule has 5 nitrogen and oxygen atoms in total. The monoisotopic (exact) mass is 253 g/mol. The molecule has 5 heteroatoms. The zero-order valence-corrected chi connectivity index (χ0v) is 11.1. The van der Waals surface area contributed by atoms with Gasteiger partial charge < -0.3 is 14.8 Å². The molecule has 0 aliphatic carbocycles. The Kier molecular flexibility index (Phi) is 8.12. The van der Waals surface area contributed by atoms with Crippen molar-refractivity contribution < 1.29 is 9.47 Å². The third kappa shape index (κ3) is 6.54. The van der Waals surface area contributed by atoms with Gasteiger partial charge in [0.1, 0.15) is 0 Å². The van der Waals surface area contributed by atoms with E-state index in [-0.39, 0.29) is 0 Å². The van der Waals surface area contributed by atoms with E-state index in [1.807, 2.05) is 12.4 Å². The van der Waals surface area contributed by atoms with E-state index >= 15 is 0 Å². The van der Waals surface area contributed by atoms with Gasteiger partial charge in [0.25, 0.3) is 0 Å². The molecule has 1 rings (SSSR count). The van der Waals surface area contributed by atoms with E-state index in [1.165, 1.54) is 5.56 Å². The van der Waals surface area contributed by atoms with E-state index in [0.29, 0.717) is 13.2 Å². The van der Waals surface area contributed by atoms with Crippen LogP contribution in [0.15, 0.2) is 19.0 Å². The van der Waals surface area contributed by atoms with Crippen LogP contribution in [0.4, 0.5) is 0 Å². The topological polar surface area (TPSA) is 48.3 Å². The number of nitrogens with zero attached hydrogens (tertiary/aromatic N) is 2. The highest BCUT2D eigenvalue weighted by atomic mass is 16.5. The molecule has 1 N–H and O–H groups in total. The van der Waals surface area contributed by atoms with Crippen LogP contribution < -0.4 is 5.32 Å². The van der Waals surface area contributed by atoms with Crippen molar-refractivity contribution >= 4 is 6.20 Å². The molecule has 1 aromatic heterocycles. The second-order valence-electron chi connectivity index (χ2n) is 4.00. The van der Waals surface area contributed by atoms with Crippen molar-refractivity contribution in [2.75, 3.05) is 33.5 Å². The average molecular weight is 253 g/mol. The summed E-state index contributed by atoms with van der Waals surface area (Å²) in [5.74, 6) is 0. The first-order valence-corrected chi connectivity index (χ1v) is 6.30. The standard InChI is InChI=1S/C13H23N3O2/c1-3-16-12-13(11-15-16)10-14-6-4-5-7-18-9-8-17-2/h3,11-12,14H,1,4-10H2,2H3. The largest absolute Gasteiger partial charge is 0.382 e. The smallest absolute Gasteiger partial charge is 0.0700 e. The quantitative estimate of drug-likeness (QED) is 0.607. The Morgan fingerprint density at radius 2 is 2.28 bits per heavy atom. The molecule has 0 unspecified atom stereocenters. The second-order valence-corrected chi connectivity index (χ2v) is 4.00. The van der Waals surface area contributed by atoms with Crippen LogP contribution in [0.3, 0.4) is 0 Å². The van der Waals surface area contributed by atoms with Crippen LogP contribution in [0, 0.1) is 0 Å². The van der Waals surface area contributed by atoms with Crippen molar-refractivity contribution in [2.45, 2.75) is 19.4 Å². The third-order valence-corrected chi connectivity index (χ3v) is 2.50. The zero-order valence-electron chi connectivity index (χ0n) is 11.1. The van der Waals surface area contributed by atoms with Gasteiger partial charge in [-0.15, -0.1) is 0 Å². The normalized spacial score (nSPS) is 10.7. The Bertz CT molecular complexity index is 326. The number of unbranched alkanes of at least 4 members (excludes halogenated alkanes) is 1. The van der Waals surface area contributed by atoms with E-state index in [9.17, 15) is 0 Å². The van der Waals surface area contributed by atoms with Crippen molar-refractivity contribution in [3.63, 3.8) is 0 Å². The van der Waals surface area contributed by atoms with Crippen LogP contribution in [0.2, 0.25) is 0 Å². The predicted octanol–water partition coefficient (Wildman–Crippen LogP) is 1.52. The van der Waals surface area contributed by atoms with E-state index in [4.69, 9.17) is 9.47 Å². The minimum atomic E-state index is 0.672. The highest BCUT2D eigenvalue weighted by Gasteiger charge is 1.96. The molecule has 0 aromatic carbocycles. The molecule has 0 saturated carbocycles. The van der Waals surface area contributed by atoms with Crippen molar-refractivity contribution in [3.8, 4) is 0 Å². The number of hydrogen-bond acceptors (Lipinski definition) is 4. The molecule has 0 aliphatic heterocycles. The maximum atomic E-state index is 5.38. The summed E-state index contributed by atoms with van der Waals surface area (Å²) in [6.07, 6.45) is 7.68. The molecule has 1 heterocycles. The molecular weight excluding hydrogens is 230 g/mol. The summed E-state index contributed by atoms with van der Waals surface area (Å²) in [7, 11) is 1.68. The SMILES string of the molecule is C=Cn1cc(CNCCCCOCCOC)cn1. The van der Waals surface area contributed by atoms with Crippen LogP contribution in [-0.4, -0.2) is 43.3 Å². The van der Waals surface area contributed by atoms with Crippen LogP contribution in [0.25, 0.3) is 6.20 Å². The fraction of sp³-hybridized carbons (Fsp3) is 0.615. The van der Waals surface area contributed by atoms with Crippen LogP contribution in [0.5, 0.6) is 0 Å². The van der Waals surface area contributed by atoms with Gasteiger partial charge in [-0.25, -0.2) is 4.68 Å².